The van der Waals surface area contributed by atoms with E-state index in [1.54, 1.807) is 38.3 Å². The van der Waals surface area contributed by atoms with Gasteiger partial charge in [-0.1, -0.05) is 6.92 Å². The van der Waals surface area contributed by atoms with Crippen LogP contribution in [0.3, 0.4) is 0 Å². The Morgan fingerprint density at radius 1 is 1.43 bits per heavy atom. The van der Waals surface area contributed by atoms with Gasteiger partial charge in [-0.3, -0.25) is 4.79 Å². The summed E-state index contributed by atoms with van der Waals surface area (Å²) in [6.45, 7) is 1.58. The standard InChI is InChI=1S/C11H14O3/c1-8(7-12)11(13)9-3-5-10(14-2)6-4-9/h3-6,8,12H,7H2,1-2H3. The van der Waals surface area contributed by atoms with Crippen molar-refractivity contribution < 1.29 is 14.6 Å². The fraction of sp³-hybridized carbons (Fsp3) is 0.364. The van der Waals surface area contributed by atoms with Gasteiger partial charge in [-0.25, -0.2) is 0 Å². The minimum absolute atomic E-state index is 0.0462. The Morgan fingerprint density at radius 3 is 2.43 bits per heavy atom. The van der Waals surface area contributed by atoms with E-state index >= 15 is 0 Å². The first-order valence-corrected chi connectivity index (χ1v) is 4.48. The van der Waals surface area contributed by atoms with Crippen LogP contribution in [0.5, 0.6) is 5.75 Å². The maximum absolute atomic E-state index is 11.6. The van der Waals surface area contributed by atoms with Crippen LogP contribution in [0.25, 0.3) is 0 Å². The van der Waals surface area contributed by atoms with Gasteiger partial charge in [-0.2, -0.15) is 0 Å². The number of methoxy groups -OCH3 is 1. The van der Waals surface area contributed by atoms with Gasteiger partial charge in [0.2, 0.25) is 0 Å². The van der Waals surface area contributed by atoms with Crippen LogP contribution in [0.1, 0.15) is 17.3 Å². The van der Waals surface area contributed by atoms with Crippen LogP contribution in [-0.4, -0.2) is 24.6 Å². The van der Waals surface area contributed by atoms with E-state index in [1.807, 2.05) is 0 Å². The topological polar surface area (TPSA) is 46.5 Å². The van der Waals surface area contributed by atoms with E-state index in [2.05, 4.69) is 0 Å². The van der Waals surface area contributed by atoms with Crippen LogP contribution in [0.2, 0.25) is 0 Å². The summed E-state index contributed by atoms with van der Waals surface area (Å²) in [5.74, 6) is 0.330. The average molecular weight is 194 g/mol. The van der Waals surface area contributed by atoms with Crippen LogP contribution < -0.4 is 4.74 Å². The molecule has 1 aromatic rings. The zero-order chi connectivity index (χ0) is 10.6. The van der Waals surface area contributed by atoms with Crippen molar-refractivity contribution in [2.45, 2.75) is 6.92 Å². The molecule has 0 radical (unpaired) electrons. The highest BCUT2D eigenvalue weighted by Gasteiger charge is 2.13. The molecule has 0 saturated carbocycles. The Morgan fingerprint density at radius 2 is 2.00 bits per heavy atom. The Labute approximate surface area is 83.3 Å². The molecule has 0 fully saturated rings. The Kier molecular flexibility index (Phi) is 3.65. The molecule has 0 spiro atoms. The molecule has 3 nitrogen and oxygen atoms in total. The van der Waals surface area contributed by atoms with Gasteiger partial charge in [0.05, 0.1) is 13.7 Å². The van der Waals surface area contributed by atoms with Gasteiger partial charge >= 0.3 is 0 Å². The van der Waals surface area contributed by atoms with Crippen LogP contribution >= 0.6 is 0 Å². The molecule has 3 heteroatoms. The van der Waals surface area contributed by atoms with Gasteiger partial charge in [0, 0.05) is 11.5 Å². The van der Waals surface area contributed by atoms with Crippen molar-refractivity contribution in [1.82, 2.24) is 0 Å². The van der Waals surface area contributed by atoms with Gasteiger partial charge < -0.3 is 9.84 Å². The summed E-state index contributed by atoms with van der Waals surface area (Å²) in [5, 5.41) is 8.82. The quantitative estimate of drug-likeness (QED) is 0.739. The first-order valence-electron chi connectivity index (χ1n) is 4.48. The molecule has 0 aromatic heterocycles. The number of rotatable bonds is 4. The number of carbonyl (C=O) groups is 1. The molecule has 0 amide bonds. The summed E-state index contributed by atoms with van der Waals surface area (Å²) in [4.78, 5) is 11.6. The summed E-state index contributed by atoms with van der Waals surface area (Å²) in [6, 6.07) is 6.87. The number of Topliss-reactive ketones (excluding diaryl/α,β-unsaturated/α-hetero) is 1. The Bertz CT molecular complexity index is 303. The van der Waals surface area contributed by atoms with Crippen LogP contribution in [0.4, 0.5) is 0 Å². The predicted molar refractivity (Wildman–Crippen MR) is 53.6 cm³/mol. The largest absolute Gasteiger partial charge is 0.497 e. The Hall–Kier alpha value is -1.35. The fourth-order valence-electron chi connectivity index (χ4n) is 1.12. The van der Waals surface area contributed by atoms with Crippen LogP contribution in [0.15, 0.2) is 24.3 Å². The monoisotopic (exact) mass is 194 g/mol. The van der Waals surface area contributed by atoms with E-state index in [0.717, 1.165) is 5.75 Å². The van der Waals surface area contributed by atoms with Crippen molar-refractivity contribution in [2.75, 3.05) is 13.7 Å². The van der Waals surface area contributed by atoms with E-state index in [0.29, 0.717) is 5.56 Å². The molecule has 1 N–H and O–H groups in total. The smallest absolute Gasteiger partial charge is 0.167 e. The third kappa shape index (κ3) is 2.33. The normalized spacial score (nSPS) is 12.2. The summed E-state index contributed by atoms with van der Waals surface area (Å²) in [7, 11) is 1.58. The van der Waals surface area contributed by atoms with Crippen molar-refractivity contribution in [3.8, 4) is 5.75 Å². The number of carbonyl (C=O) groups excluding carboxylic acids is 1. The lowest BCUT2D eigenvalue weighted by molar-refractivity contribution is 0.0877. The molecule has 1 unspecified atom stereocenters. The van der Waals surface area contributed by atoms with E-state index in [4.69, 9.17) is 9.84 Å². The average Bonchev–Trinajstić information content (AvgIpc) is 2.27. The molecular weight excluding hydrogens is 180 g/mol. The summed E-state index contributed by atoms with van der Waals surface area (Å²) in [5.41, 5.74) is 0.604. The first kappa shape index (κ1) is 10.7. The van der Waals surface area contributed by atoms with Crippen molar-refractivity contribution in [3.63, 3.8) is 0 Å². The van der Waals surface area contributed by atoms with Gasteiger partial charge in [-0.15, -0.1) is 0 Å². The second-order valence-electron chi connectivity index (χ2n) is 3.18. The SMILES string of the molecule is COc1ccc(C(=O)C(C)CO)cc1. The molecule has 14 heavy (non-hydrogen) atoms. The molecule has 0 saturated heterocycles. The molecule has 0 heterocycles. The van der Waals surface area contributed by atoms with Gasteiger partial charge in [0.25, 0.3) is 0 Å². The van der Waals surface area contributed by atoms with Crippen molar-refractivity contribution >= 4 is 5.78 Å². The highest BCUT2D eigenvalue weighted by molar-refractivity contribution is 5.97. The number of ketones is 1. The Balaban J connectivity index is 2.81. The minimum Gasteiger partial charge on any atom is -0.497 e. The maximum Gasteiger partial charge on any atom is 0.167 e. The van der Waals surface area contributed by atoms with Crippen molar-refractivity contribution in [1.29, 1.82) is 0 Å². The number of hydrogen-bond acceptors (Lipinski definition) is 3. The lowest BCUT2D eigenvalue weighted by Crippen LogP contribution is -2.14. The molecule has 1 rings (SSSR count). The number of aliphatic hydroxyl groups excluding tert-OH is 1. The van der Waals surface area contributed by atoms with Crippen molar-refractivity contribution in [2.24, 2.45) is 5.92 Å². The zero-order valence-electron chi connectivity index (χ0n) is 8.36. The first-order chi connectivity index (χ1) is 6.69. The summed E-state index contributed by atoms with van der Waals surface area (Å²) in [6.07, 6.45) is 0. The van der Waals surface area contributed by atoms with E-state index < -0.39 is 0 Å². The molecule has 0 aliphatic heterocycles. The molecule has 76 valence electrons. The fourth-order valence-corrected chi connectivity index (χ4v) is 1.12. The molecule has 0 aliphatic carbocycles. The van der Waals surface area contributed by atoms with Crippen LogP contribution in [0, 0.1) is 5.92 Å². The van der Waals surface area contributed by atoms with Gasteiger partial charge in [0.1, 0.15) is 5.75 Å². The second-order valence-corrected chi connectivity index (χ2v) is 3.18. The highest BCUT2D eigenvalue weighted by Crippen LogP contribution is 2.14. The zero-order valence-corrected chi connectivity index (χ0v) is 8.36. The van der Waals surface area contributed by atoms with E-state index in [-0.39, 0.29) is 18.3 Å². The molecule has 0 bridgehead atoms. The molecule has 1 atom stereocenters. The lowest BCUT2D eigenvalue weighted by Gasteiger charge is -2.07. The number of aliphatic hydroxyl groups is 1. The van der Waals surface area contributed by atoms with Gasteiger partial charge in [-0.05, 0) is 24.3 Å². The molecule has 0 aliphatic rings. The second kappa shape index (κ2) is 4.77. The minimum atomic E-state index is -0.344. The van der Waals surface area contributed by atoms with E-state index in [1.165, 1.54) is 0 Å². The third-order valence-corrected chi connectivity index (χ3v) is 2.10. The maximum atomic E-state index is 11.6. The molecular formula is C11H14O3. The summed E-state index contributed by atoms with van der Waals surface area (Å²) >= 11 is 0. The van der Waals surface area contributed by atoms with Crippen molar-refractivity contribution in [3.05, 3.63) is 29.8 Å². The van der Waals surface area contributed by atoms with E-state index in [9.17, 15) is 4.79 Å². The van der Waals surface area contributed by atoms with Crippen LogP contribution in [-0.2, 0) is 0 Å². The molecule has 1 aromatic carbocycles. The predicted octanol–water partition coefficient (Wildman–Crippen LogP) is 1.51. The number of ether oxygens (including phenoxy) is 1. The number of benzene rings is 1. The number of hydrogen-bond donors (Lipinski definition) is 1. The highest BCUT2D eigenvalue weighted by atomic mass is 16.5. The third-order valence-electron chi connectivity index (χ3n) is 2.10. The summed E-state index contributed by atoms with van der Waals surface area (Å²) < 4.78 is 4.98. The lowest BCUT2D eigenvalue weighted by atomic mass is 10.0. The van der Waals surface area contributed by atoms with Gasteiger partial charge in [0.15, 0.2) is 5.78 Å².